The molecule has 1 unspecified atom stereocenters. The first kappa shape index (κ1) is 16.3. The van der Waals surface area contributed by atoms with Gasteiger partial charge in [0.15, 0.2) is 0 Å². The fraction of sp³-hybridized carbons (Fsp3) is 0.714. The highest BCUT2D eigenvalue weighted by Crippen LogP contribution is 2.22. The molecule has 2 amide bonds. The molecule has 0 aliphatic heterocycles. The molecule has 106 valence electrons. The van der Waals surface area contributed by atoms with E-state index in [9.17, 15) is 35.9 Å². The molecule has 0 rings (SSSR count). The zero-order valence-corrected chi connectivity index (χ0v) is 8.52. The first-order valence-corrected chi connectivity index (χ1v) is 4.31. The van der Waals surface area contributed by atoms with Crippen molar-refractivity contribution in [1.29, 1.82) is 0 Å². The molecule has 0 spiro atoms. The van der Waals surface area contributed by atoms with Gasteiger partial charge in [0, 0.05) is 0 Å². The van der Waals surface area contributed by atoms with E-state index in [0.717, 1.165) is 5.32 Å². The molecule has 0 aromatic carbocycles. The molecule has 0 fully saturated rings. The molecule has 0 aromatic heterocycles. The van der Waals surface area contributed by atoms with Crippen molar-refractivity contribution in [2.24, 2.45) is 0 Å². The summed E-state index contributed by atoms with van der Waals surface area (Å²) in [6.07, 6.45) is -13.6. The zero-order valence-electron chi connectivity index (χ0n) is 8.52. The summed E-state index contributed by atoms with van der Waals surface area (Å²) in [5.41, 5.74) is 0. The number of rotatable bonds is 4. The maximum absolute atomic E-state index is 12.0. The van der Waals surface area contributed by atoms with E-state index in [4.69, 9.17) is 5.11 Å². The zero-order chi connectivity index (χ0) is 14.6. The van der Waals surface area contributed by atoms with Crippen LogP contribution in [0.25, 0.3) is 0 Å². The number of carboxylic acid groups (broad SMARTS) is 1. The fourth-order valence-electron chi connectivity index (χ4n) is 0.900. The van der Waals surface area contributed by atoms with Gasteiger partial charge in [-0.2, -0.15) is 26.3 Å². The quantitative estimate of drug-likeness (QED) is 0.679. The molecular weight excluding hydrogens is 274 g/mol. The van der Waals surface area contributed by atoms with Gasteiger partial charge in [0.05, 0.1) is 6.42 Å². The fourth-order valence-corrected chi connectivity index (χ4v) is 0.900. The molecule has 5 nitrogen and oxygen atoms in total. The summed E-state index contributed by atoms with van der Waals surface area (Å²) >= 11 is 0. The van der Waals surface area contributed by atoms with E-state index in [1.807, 2.05) is 0 Å². The molecule has 0 aliphatic rings. The first-order valence-electron chi connectivity index (χ1n) is 4.31. The van der Waals surface area contributed by atoms with Gasteiger partial charge in [-0.15, -0.1) is 0 Å². The molecule has 0 bridgehead atoms. The van der Waals surface area contributed by atoms with E-state index in [-0.39, 0.29) is 0 Å². The molecule has 18 heavy (non-hydrogen) atoms. The second kappa shape index (κ2) is 5.78. The highest BCUT2D eigenvalue weighted by Gasteiger charge is 2.37. The summed E-state index contributed by atoms with van der Waals surface area (Å²) in [5, 5.41) is 10.5. The van der Waals surface area contributed by atoms with Crippen LogP contribution >= 0.6 is 0 Å². The third-order valence-electron chi connectivity index (χ3n) is 1.51. The summed E-state index contributed by atoms with van der Waals surface area (Å²) in [4.78, 5) is 21.1. The van der Waals surface area contributed by atoms with Crippen LogP contribution in [0.1, 0.15) is 6.42 Å². The normalized spacial score (nSPS) is 13.9. The molecule has 0 radical (unpaired) electrons. The molecule has 0 aromatic rings. The maximum atomic E-state index is 12.0. The predicted octanol–water partition coefficient (Wildman–Crippen LogP) is 1.25. The topological polar surface area (TPSA) is 78.4 Å². The van der Waals surface area contributed by atoms with Crippen LogP contribution in [0, 0.1) is 0 Å². The van der Waals surface area contributed by atoms with E-state index in [0.29, 0.717) is 0 Å². The lowest BCUT2D eigenvalue weighted by atomic mass is 10.2. The molecular formula is C7H8F6N2O3. The van der Waals surface area contributed by atoms with Crippen LogP contribution in [0.4, 0.5) is 31.1 Å². The minimum Gasteiger partial charge on any atom is -0.465 e. The highest BCUT2D eigenvalue weighted by molar-refractivity contribution is 5.85. The Morgan fingerprint density at radius 3 is 1.89 bits per heavy atom. The smallest absolute Gasteiger partial charge is 0.405 e. The summed E-state index contributed by atoms with van der Waals surface area (Å²) < 4.78 is 71.0. The standard InChI is InChI=1S/C7H8F6N2O3/c8-6(9,10)1-3(15-5(17)18)4(16)14-2-7(11,12)13/h3,15H,1-2H2,(H,14,16)(H,17,18). The molecule has 3 N–H and O–H groups in total. The second-order valence-corrected chi connectivity index (χ2v) is 3.15. The van der Waals surface area contributed by atoms with Gasteiger partial charge in [-0.3, -0.25) is 4.79 Å². The molecule has 0 saturated carbocycles. The third kappa shape index (κ3) is 8.47. The van der Waals surface area contributed by atoms with Crippen molar-refractivity contribution < 1.29 is 41.0 Å². The molecule has 0 heterocycles. The van der Waals surface area contributed by atoms with Gasteiger partial charge in [-0.25, -0.2) is 4.79 Å². The van der Waals surface area contributed by atoms with Gasteiger partial charge >= 0.3 is 18.4 Å². The first-order chi connectivity index (χ1) is 7.91. The Morgan fingerprint density at radius 2 is 1.56 bits per heavy atom. The van der Waals surface area contributed by atoms with Crippen LogP contribution in [0.15, 0.2) is 0 Å². The number of alkyl halides is 6. The number of hydrogen-bond acceptors (Lipinski definition) is 2. The summed E-state index contributed by atoms with van der Waals surface area (Å²) in [5.74, 6) is -1.70. The van der Waals surface area contributed by atoms with Crippen LogP contribution < -0.4 is 10.6 Å². The Balaban J connectivity index is 4.55. The van der Waals surface area contributed by atoms with Gasteiger partial charge in [0.2, 0.25) is 5.91 Å². The van der Waals surface area contributed by atoms with E-state index in [2.05, 4.69) is 0 Å². The number of nitrogens with one attached hydrogen (secondary N) is 2. The lowest BCUT2D eigenvalue weighted by Gasteiger charge is -2.18. The number of carbonyl (C=O) groups is 2. The minimum atomic E-state index is -4.90. The van der Waals surface area contributed by atoms with Crippen molar-refractivity contribution in [3.05, 3.63) is 0 Å². The molecule has 0 saturated heterocycles. The Labute approximate surface area is 96.1 Å². The van der Waals surface area contributed by atoms with Gasteiger partial charge in [-0.1, -0.05) is 0 Å². The number of amides is 2. The largest absolute Gasteiger partial charge is 0.465 e. The molecule has 1 atom stereocenters. The van der Waals surface area contributed by atoms with Crippen molar-refractivity contribution >= 4 is 12.0 Å². The van der Waals surface area contributed by atoms with Crippen LogP contribution in [0.3, 0.4) is 0 Å². The molecule has 0 aliphatic carbocycles. The average molecular weight is 282 g/mol. The Bertz CT molecular complexity index is 313. The minimum absolute atomic E-state index is 1.16. The van der Waals surface area contributed by atoms with Crippen molar-refractivity contribution in [3.63, 3.8) is 0 Å². The lowest BCUT2D eigenvalue weighted by molar-refractivity contribution is -0.152. The van der Waals surface area contributed by atoms with E-state index in [1.54, 1.807) is 0 Å². The second-order valence-electron chi connectivity index (χ2n) is 3.15. The van der Waals surface area contributed by atoms with Gasteiger partial charge in [-0.05, 0) is 0 Å². The van der Waals surface area contributed by atoms with E-state index in [1.165, 1.54) is 5.32 Å². The van der Waals surface area contributed by atoms with Crippen molar-refractivity contribution in [2.45, 2.75) is 24.8 Å². The van der Waals surface area contributed by atoms with Crippen LogP contribution in [0.2, 0.25) is 0 Å². The predicted molar refractivity (Wildman–Crippen MR) is 44.7 cm³/mol. The Kier molecular flexibility index (Phi) is 5.24. The van der Waals surface area contributed by atoms with Crippen molar-refractivity contribution in [3.8, 4) is 0 Å². The lowest BCUT2D eigenvalue weighted by Crippen LogP contribution is -2.50. The van der Waals surface area contributed by atoms with E-state index < -0.39 is 43.4 Å². The number of hydrogen-bond donors (Lipinski definition) is 3. The summed E-state index contributed by atoms with van der Waals surface area (Å²) in [6.45, 7) is -1.85. The summed E-state index contributed by atoms with van der Waals surface area (Å²) in [6, 6.07) is -2.33. The Hall–Kier alpha value is -1.68. The van der Waals surface area contributed by atoms with Crippen molar-refractivity contribution in [2.75, 3.05) is 6.54 Å². The number of carbonyl (C=O) groups excluding carboxylic acids is 1. The van der Waals surface area contributed by atoms with Gasteiger partial charge in [0.25, 0.3) is 0 Å². The third-order valence-corrected chi connectivity index (χ3v) is 1.51. The Morgan fingerprint density at radius 1 is 1.06 bits per heavy atom. The van der Waals surface area contributed by atoms with Gasteiger partial charge in [0.1, 0.15) is 12.6 Å². The average Bonchev–Trinajstić information content (AvgIpc) is 2.08. The van der Waals surface area contributed by atoms with Crippen molar-refractivity contribution in [1.82, 2.24) is 10.6 Å². The van der Waals surface area contributed by atoms with Crippen LogP contribution in [0.5, 0.6) is 0 Å². The highest BCUT2D eigenvalue weighted by atomic mass is 19.4. The maximum Gasteiger partial charge on any atom is 0.405 e. The van der Waals surface area contributed by atoms with Gasteiger partial charge < -0.3 is 15.7 Å². The van der Waals surface area contributed by atoms with Crippen LogP contribution in [-0.4, -0.2) is 42.0 Å². The number of halogens is 6. The SMILES string of the molecule is O=C(O)NC(CC(F)(F)F)C(=O)NCC(F)(F)F. The monoisotopic (exact) mass is 282 g/mol. The van der Waals surface area contributed by atoms with E-state index >= 15 is 0 Å². The summed E-state index contributed by atoms with van der Waals surface area (Å²) in [7, 11) is 0. The van der Waals surface area contributed by atoms with Crippen LogP contribution in [-0.2, 0) is 4.79 Å². The molecule has 11 heteroatoms.